The standard InChI is InChI=1S/C15H22N4/c1-10-5-11(2)8-19(7-10)9-15-17-13-4-3-12(16)6-14(13)18-15/h3-4,6,10-11H,5,7-9,16H2,1-2H3,(H,17,18). The molecule has 1 aliphatic rings. The number of nitrogen functional groups attached to an aromatic ring is 1. The van der Waals surface area contributed by atoms with Gasteiger partial charge in [-0.1, -0.05) is 13.8 Å². The number of aromatic nitrogens is 2. The smallest absolute Gasteiger partial charge is 0.121 e. The fourth-order valence-corrected chi connectivity index (χ4v) is 3.29. The van der Waals surface area contributed by atoms with Crippen LogP contribution in [0.25, 0.3) is 11.0 Å². The van der Waals surface area contributed by atoms with E-state index in [1.165, 1.54) is 19.5 Å². The van der Waals surface area contributed by atoms with Crippen LogP contribution in [0.1, 0.15) is 26.1 Å². The number of imidazole rings is 1. The van der Waals surface area contributed by atoms with Gasteiger partial charge in [0.1, 0.15) is 5.82 Å². The van der Waals surface area contributed by atoms with E-state index in [2.05, 4.69) is 28.7 Å². The molecule has 4 heteroatoms. The highest BCUT2D eigenvalue weighted by atomic mass is 15.2. The van der Waals surface area contributed by atoms with Crippen LogP contribution < -0.4 is 5.73 Å². The minimum absolute atomic E-state index is 0.780. The molecule has 4 nitrogen and oxygen atoms in total. The highest BCUT2D eigenvalue weighted by Crippen LogP contribution is 2.23. The second-order valence-corrected chi connectivity index (χ2v) is 6.10. The number of hydrogen-bond donors (Lipinski definition) is 2. The molecule has 0 bridgehead atoms. The quantitative estimate of drug-likeness (QED) is 0.814. The van der Waals surface area contributed by atoms with E-state index in [1.54, 1.807) is 0 Å². The summed E-state index contributed by atoms with van der Waals surface area (Å²) in [6.07, 6.45) is 1.34. The number of benzene rings is 1. The van der Waals surface area contributed by atoms with Gasteiger partial charge in [-0.15, -0.1) is 0 Å². The molecule has 1 aromatic carbocycles. The summed E-state index contributed by atoms with van der Waals surface area (Å²) in [6, 6.07) is 5.83. The van der Waals surface area contributed by atoms with Crippen molar-refractivity contribution in [2.75, 3.05) is 18.8 Å². The lowest BCUT2D eigenvalue weighted by atomic mass is 9.92. The van der Waals surface area contributed by atoms with Gasteiger partial charge in [0.2, 0.25) is 0 Å². The zero-order valence-electron chi connectivity index (χ0n) is 11.7. The first-order valence-corrected chi connectivity index (χ1v) is 7.06. The summed E-state index contributed by atoms with van der Waals surface area (Å²) in [5, 5.41) is 0. The summed E-state index contributed by atoms with van der Waals surface area (Å²) < 4.78 is 0. The molecule has 0 spiro atoms. The molecule has 0 saturated carbocycles. The molecule has 0 radical (unpaired) electrons. The van der Waals surface area contributed by atoms with Gasteiger partial charge in [0.25, 0.3) is 0 Å². The summed E-state index contributed by atoms with van der Waals surface area (Å²) in [5.41, 5.74) is 8.61. The van der Waals surface area contributed by atoms with E-state index in [4.69, 9.17) is 5.73 Å². The number of H-pyrrole nitrogens is 1. The topological polar surface area (TPSA) is 57.9 Å². The number of hydrogen-bond acceptors (Lipinski definition) is 3. The van der Waals surface area contributed by atoms with Gasteiger partial charge in [-0.2, -0.15) is 0 Å². The van der Waals surface area contributed by atoms with Gasteiger partial charge in [-0.3, -0.25) is 4.90 Å². The van der Waals surface area contributed by atoms with Gasteiger partial charge in [-0.05, 0) is 36.5 Å². The third kappa shape index (κ3) is 2.73. The van der Waals surface area contributed by atoms with Gasteiger partial charge < -0.3 is 10.7 Å². The van der Waals surface area contributed by atoms with Crippen molar-refractivity contribution >= 4 is 16.7 Å². The Hall–Kier alpha value is -1.55. The van der Waals surface area contributed by atoms with E-state index in [0.717, 1.165) is 40.9 Å². The highest BCUT2D eigenvalue weighted by molar-refractivity contribution is 5.78. The third-order valence-corrected chi connectivity index (χ3v) is 3.87. The Morgan fingerprint density at radius 3 is 2.79 bits per heavy atom. The average Bonchev–Trinajstić information content (AvgIpc) is 2.68. The Balaban J connectivity index is 1.77. The molecule has 1 fully saturated rings. The van der Waals surface area contributed by atoms with Crippen molar-refractivity contribution < 1.29 is 0 Å². The number of nitrogens with two attached hydrogens (primary N) is 1. The van der Waals surface area contributed by atoms with E-state index in [-0.39, 0.29) is 0 Å². The number of fused-ring (bicyclic) bond motifs is 1. The third-order valence-electron chi connectivity index (χ3n) is 3.87. The predicted octanol–water partition coefficient (Wildman–Crippen LogP) is 2.62. The fourth-order valence-electron chi connectivity index (χ4n) is 3.29. The molecule has 102 valence electrons. The lowest BCUT2D eigenvalue weighted by Crippen LogP contribution is -2.38. The maximum absolute atomic E-state index is 5.80. The molecular weight excluding hydrogens is 236 g/mol. The molecule has 2 unspecified atom stereocenters. The summed E-state index contributed by atoms with van der Waals surface area (Å²) in [6.45, 7) is 7.92. The van der Waals surface area contributed by atoms with Gasteiger partial charge in [0, 0.05) is 18.8 Å². The molecule has 1 aromatic heterocycles. The number of nitrogens with one attached hydrogen (secondary N) is 1. The molecular formula is C15H22N4. The van der Waals surface area contributed by atoms with Crippen molar-refractivity contribution in [2.45, 2.75) is 26.8 Å². The van der Waals surface area contributed by atoms with Crippen LogP contribution >= 0.6 is 0 Å². The Labute approximate surface area is 114 Å². The van der Waals surface area contributed by atoms with Gasteiger partial charge in [0.15, 0.2) is 0 Å². The highest BCUT2D eigenvalue weighted by Gasteiger charge is 2.22. The van der Waals surface area contributed by atoms with E-state index in [0.29, 0.717) is 0 Å². The number of likely N-dealkylation sites (tertiary alicyclic amines) is 1. The largest absolute Gasteiger partial charge is 0.399 e. The van der Waals surface area contributed by atoms with E-state index in [9.17, 15) is 0 Å². The summed E-state index contributed by atoms with van der Waals surface area (Å²) in [5.74, 6) is 2.61. The molecule has 0 amide bonds. The SMILES string of the molecule is CC1CC(C)CN(Cc2nc3ccc(N)cc3[nH]2)C1. The van der Waals surface area contributed by atoms with Crippen molar-refractivity contribution in [3.63, 3.8) is 0 Å². The van der Waals surface area contributed by atoms with Crippen LogP contribution in [0.15, 0.2) is 18.2 Å². The Kier molecular flexibility index (Phi) is 3.19. The first-order valence-electron chi connectivity index (χ1n) is 7.06. The number of anilines is 1. The number of aromatic amines is 1. The van der Waals surface area contributed by atoms with Crippen LogP contribution in [0.2, 0.25) is 0 Å². The second kappa shape index (κ2) is 4.85. The van der Waals surface area contributed by atoms with Crippen LogP contribution in [-0.2, 0) is 6.54 Å². The molecule has 2 heterocycles. The number of piperidine rings is 1. The number of rotatable bonds is 2. The Morgan fingerprint density at radius 2 is 2.05 bits per heavy atom. The number of nitrogens with zero attached hydrogens (tertiary/aromatic N) is 2. The van der Waals surface area contributed by atoms with Crippen LogP contribution in [0.4, 0.5) is 5.69 Å². The van der Waals surface area contributed by atoms with Crippen LogP contribution in [0.3, 0.4) is 0 Å². The molecule has 1 saturated heterocycles. The minimum atomic E-state index is 0.780. The van der Waals surface area contributed by atoms with E-state index in [1.807, 2.05) is 18.2 Å². The van der Waals surface area contributed by atoms with Crippen molar-refractivity contribution in [1.82, 2.24) is 14.9 Å². The Bertz CT molecular complexity index is 565. The van der Waals surface area contributed by atoms with Crippen molar-refractivity contribution in [2.24, 2.45) is 11.8 Å². The summed E-state index contributed by atoms with van der Waals surface area (Å²) >= 11 is 0. The first-order chi connectivity index (χ1) is 9.10. The van der Waals surface area contributed by atoms with Crippen LogP contribution in [0.5, 0.6) is 0 Å². The average molecular weight is 258 g/mol. The molecule has 3 N–H and O–H groups in total. The zero-order valence-corrected chi connectivity index (χ0v) is 11.7. The maximum atomic E-state index is 5.80. The lowest BCUT2D eigenvalue weighted by molar-refractivity contribution is 0.132. The van der Waals surface area contributed by atoms with E-state index >= 15 is 0 Å². The van der Waals surface area contributed by atoms with E-state index < -0.39 is 0 Å². The summed E-state index contributed by atoms with van der Waals surface area (Å²) in [7, 11) is 0. The first kappa shape index (κ1) is 12.5. The van der Waals surface area contributed by atoms with Crippen molar-refractivity contribution in [1.29, 1.82) is 0 Å². The molecule has 1 aliphatic heterocycles. The molecule has 2 aromatic rings. The second-order valence-electron chi connectivity index (χ2n) is 6.10. The fraction of sp³-hybridized carbons (Fsp3) is 0.533. The molecule has 19 heavy (non-hydrogen) atoms. The predicted molar refractivity (Wildman–Crippen MR) is 78.7 cm³/mol. The maximum Gasteiger partial charge on any atom is 0.121 e. The van der Waals surface area contributed by atoms with Crippen LogP contribution in [0, 0.1) is 11.8 Å². The lowest BCUT2D eigenvalue weighted by Gasteiger charge is -2.34. The van der Waals surface area contributed by atoms with Gasteiger partial charge in [0.05, 0.1) is 17.6 Å². The monoisotopic (exact) mass is 258 g/mol. The van der Waals surface area contributed by atoms with Gasteiger partial charge in [-0.25, -0.2) is 4.98 Å². The summed E-state index contributed by atoms with van der Waals surface area (Å²) in [4.78, 5) is 10.5. The Morgan fingerprint density at radius 1 is 1.32 bits per heavy atom. The molecule has 3 rings (SSSR count). The van der Waals surface area contributed by atoms with Gasteiger partial charge >= 0.3 is 0 Å². The van der Waals surface area contributed by atoms with Crippen molar-refractivity contribution in [3.05, 3.63) is 24.0 Å². The van der Waals surface area contributed by atoms with Crippen molar-refractivity contribution in [3.8, 4) is 0 Å². The molecule has 2 atom stereocenters. The zero-order chi connectivity index (χ0) is 13.4. The normalized spacial score (nSPS) is 24.9. The minimum Gasteiger partial charge on any atom is -0.399 e. The molecule has 0 aliphatic carbocycles. The van der Waals surface area contributed by atoms with Crippen LogP contribution in [-0.4, -0.2) is 28.0 Å².